The third kappa shape index (κ3) is 3.45. The molecule has 0 bridgehead atoms. The summed E-state index contributed by atoms with van der Waals surface area (Å²) in [6.07, 6.45) is 0. The van der Waals surface area contributed by atoms with Crippen molar-refractivity contribution in [3.05, 3.63) is 59.2 Å². The molecule has 134 valence electrons. The number of ether oxygens (including phenoxy) is 3. The van der Waals surface area contributed by atoms with Crippen molar-refractivity contribution >= 4 is 5.97 Å². The summed E-state index contributed by atoms with van der Waals surface area (Å²) in [4.78, 5) is 11.5. The second-order valence-electron chi connectivity index (χ2n) is 5.66. The standard InChI is InChI=1S/C19H23NO5/c1-12(18(21)22)14-10-15(17(24-3)11-16(14)23-2)19(20,25-4)13-8-6-5-7-9-13/h5-12H,20H2,1-4H3,(H,21,22). The number of carboxylic acids is 1. The highest BCUT2D eigenvalue weighted by molar-refractivity contribution is 5.77. The first kappa shape index (κ1) is 18.8. The van der Waals surface area contributed by atoms with Gasteiger partial charge in [-0.3, -0.25) is 10.5 Å². The highest BCUT2D eigenvalue weighted by Crippen LogP contribution is 2.40. The lowest BCUT2D eigenvalue weighted by Crippen LogP contribution is -2.40. The molecule has 2 unspecified atom stereocenters. The van der Waals surface area contributed by atoms with E-state index in [9.17, 15) is 9.90 Å². The number of nitrogens with two attached hydrogens (primary N) is 1. The van der Waals surface area contributed by atoms with Gasteiger partial charge < -0.3 is 19.3 Å². The molecule has 25 heavy (non-hydrogen) atoms. The number of hydrogen-bond donors (Lipinski definition) is 2. The minimum absolute atomic E-state index is 0.419. The number of carboxylic acid groups (broad SMARTS) is 1. The van der Waals surface area contributed by atoms with Crippen LogP contribution in [0.15, 0.2) is 42.5 Å². The van der Waals surface area contributed by atoms with E-state index in [-0.39, 0.29) is 0 Å². The molecule has 0 saturated carbocycles. The van der Waals surface area contributed by atoms with Gasteiger partial charge in [0, 0.05) is 29.9 Å². The minimum Gasteiger partial charge on any atom is -0.496 e. The molecular formula is C19H23NO5. The Morgan fingerprint density at radius 2 is 1.68 bits per heavy atom. The van der Waals surface area contributed by atoms with E-state index in [2.05, 4.69) is 0 Å². The molecule has 3 N–H and O–H groups in total. The van der Waals surface area contributed by atoms with Crippen LogP contribution in [-0.2, 0) is 15.3 Å². The quantitative estimate of drug-likeness (QED) is 0.750. The monoisotopic (exact) mass is 345 g/mol. The van der Waals surface area contributed by atoms with Crippen molar-refractivity contribution in [1.82, 2.24) is 0 Å². The molecule has 0 heterocycles. The topological polar surface area (TPSA) is 91.0 Å². The molecule has 0 aromatic heterocycles. The van der Waals surface area contributed by atoms with Crippen LogP contribution in [0.25, 0.3) is 0 Å². The van der Waals surface area contributed by atoms with Crippen LogP contribution in [0.3, 0.4) is 0 Å². The smallest absolute Gasteiger partial charge is 0.310 e. The normalized spacial score (nSPS) is 14.4. The maximum Gasteiger partial charge on any atom is 0.310 e. The van der Waals surface area contributed by atoms with Crippen LogP contribution in [-0.4, -0.2) is 32.4 Å². The fourth-order valence-electron chi connectivity index (χ4n) is 2.75. The lowest BCUT2D eigenvalue weighted by molar-refractivity contribution is -0.138. The van der Waals surface area contributed by atoms with Crippen LogP contribution in [0.2, 0.25) is 0 Å². The zero-order valence-electron chi connectivity index (χ0n) is 14.8. The van der Waals surface area contributed by atoms with E-state index >= 15 is 0 Å². The third-order valence-corrected chi connectivity index (χ3v) is 4.31. The summed E-state index contributed by atoms with van der Waals surface area (Å²) in [5.41, 5.74) is 7.00. The maximum atomic E-state index is 11.5. The molecule has 0 aliphatic carbocycles. The van der Waals surface area contributed by atoms with Gasteiger partial charge in [-0.25, -0.2) is 0 Å². The highest BCUT2D eigenvalue weighted by atomic mass is 16.5. The van der Waals surface area contributed by atoms with Crippen LogP contribution < -0.4 is 15.2 Å². The molecule has 2 atom stereocenters. The summed E-state index contributed by atoms with van der Waals surface area (Å²) in [7, 11) is 4.49. The second-order valence-corrected chi connectivity index (χ2v) is 5.66. The van der Waals surface area contributed by atoms with Gasteiger partial charge >= 0.3 is 5.97 Å². The average molecular weight is 345 g/mol. The molecule has 0 fully saturated rings. The van der Waals surface area contributed by atoms with Crippen molar-refractivity contribution in [3.63, 3.8) is 0 Å². The largest absolute Gasteiger partial charge is 0.496 e. The zero-order valence-corrected chi connectivity index (χ0v) is 14.8. The van der Waals surface area contributed by atoms with Gasteiger partial charge in [0.05, 0.1) is 20.1 Å². The van der Waals surface area contributed by atoms with E-state index < -0.39 is 17.6 Å². The van der Waals surface area contributed by atoms with Crippen LogP contribution in [0.1, 0.15) is 29.5 Å². The fourth-order valence-corrected chi connectivity index (χ4v) is 2.75. The van der Waals surface area contributed by atoms with E-state index in [1.165, 1.54) is 21.3 Å². The van der Waals surface area contributed by atoms with E-state index in [1.54, 1.807) is 19.1 Å². The molecule has 0 radical (unpaired) electrons. The Balaban J connectivity index is 2.74. The van der Waals surface area contributed by atoms with Crippen molar-refractivity contribution in [2.45, 2.75) is 18.6 Å². The van der Waals surface area contributed by atoms with E-state index in [0.717, 1.165) is 5.56 Å². The first-order valence-electron chi connectivity index (χ1n) is 7.77. The van der Waals surface area contributed by atoms with Gasteiger partial charge in [-0.1, -0.05) is 30.3 Å². The number of rotatable bonds is 7. The Labute approximate surface area is 147 Å². The van der Waals surface area contributed by atoms with Crippen LogP contribution in [0, 0.1) is 0 Å². The molecule has 2 aromatic rings. The number of benzene rings is 2. The summed E-state index contributed by atoms with van der Waals surface area (Å²) in [6, 6.07) is 12.6. The van der Waals surface area contributed by atoms with E-state index in [1.807, 2.05) is 30.3 Å². The van der Waals surface area contributed by atoms with Gasteiger partial charge in [0.2, 0.25) is 0 Å². The molecule has 6 nitrogen and oxygen atoms in total. The molecular weight excluding hydrogens is 322 g/mol. The zero-order chi connectivity index (χ0) is 18.6. The average Bonchev–Trinajstić information content (AvgIpc) is 2.66. The lowest BCUT2D eigenvalue weighted by atomic mass is 9.89. The lowest BCUT2D eigenvalue weighted by Gasteiger charge is -2.31. The van der Waals surface area contributed by atoms with Gasteiger partial charge in [0.1, 0.15) is 11.5 Å². The predicted molar refractivity (Wildman–Crippen MR) is 94.0 cm³/mol. The SMILES string of the molecule is COc1cc(OC)c(C(N)(OC)c2ccccc2)cc1C(C)C(=O)O. The van der Waals surface area contributed by atoms with Crippen molar-refractivity contribution in [3.8, 4) is 11.5 Å². The Hall–Kier alpha value is -2.57. The molecule has 0 saturated heterocycles. The summed E-state index contributed by atoms with van der Waals surface area (Å²) >= 11 is 0. The summed E-state index contributed by atoms with van der Waals surface area (Å²) in [5, 5.41) is 9.40. The number of hydrogen-bond acceptors (Lipinski definition) is 5. The highest BCUT2D eigenvalue weighted by Gasteiger charge is 2.35. The molecule has 0 spiro atoms. The summed E-state index contributed by atoms with van der Waals surface area (Å²) < 4.78 is 16.4. The minimum atomic E-state index is -1.30. The van der Waals surface area contributed by atoms with E-state index in [0.29, 0.717) is 22.6 Å². The van der Waals surface area contributed by atoms with Crippen LogP contribution in [0.4, 0.5) is 0 Å². The van der Waals surface area contributed by atoms with E-state index in [4.69, 9.17) is 19.9 Å². The Bertz CT molecular complexity index is 747. The van der Waals surface area contributed by atoms with Gasteiger partial charge in [0.25, 0.3) is 0 Å². The Morgan fingerprint density at radius 3 is 2.16 bits per heavy atom. The molecule has 6 heteroatoms. The number of aliphatic carboxylic acids is 1. The first-order chi connectivity index (χ1) is 11.9. The fraction of sp³-hybridized carbons (Fsp3) is 0.316. The number of carbonyl (C=O) groups is 1. The predicted octanol–water partition coefficient (Wildman–Crippen LogP) is 2.70. The molecule has 0 aliphatic heterocycles. The van der Waals surface area contributed by atoms with Crippen molar-refractivity contribution in [1.29, 1.82) is 0 Å². The van der Waals surface area contributed by atoms with Crippen LogP contribution in [0.5, 0.6) is 11.5 Å². The summed E-state index contributed by atoms with van der Waals surface area (Å²) in [5.74, 6) is -0.876. The van der Waals surface area contributed by atoms with Gasteiger partial charge in [-0.2, -0.15) is 0 Å². The van der Waals surface area contributed by atoms with Gasteiger partial charge in [-0.05, 0) is 13.0 Å². The van der Waals surface area contributed by atoms with Crippen molar-refractivity contribution < 1.29 is 24.1 Å². The number of methoxy groups -OCH3 is 3. The molecule has 0 aliphatic rings. The second kappa shape index (κ2) is 7.55. The Morgan fingerprint density at radius 1 is 1.08 bits per heavy atom. The Kier molecular flexibility index (Phi) is 5.66. The first-order valence-corrected chi connectivity index (χ1v) is 7.77. The van der Waals surface area contributed by atoms with Gasteiger partial charge in [0.15, 0.2) is 5.72 Å². The third-order valence-electron chi connectivity index (χ3n) is 4.31. The van der Waals surface area contributed by atoms with Crippen molar-refractivity contribution in [2.24, 2.45) is 5.73 Å². The van der Waals surface area contributed by atoms with Gasteiger partial charge in [-0.15, -0.1) is 0 Å². The van der Waals surface area contributed by atoms with Crippen molar-refractivity contribution in [2.75, 3.05) is 21.3 Å². The van der Waals surface area contributed by atoms with Crippen LogP contribution >= 0.6 is 0 Å². The molecule has 0 amide bonds. The molecule has 2 aromatic carbocycles. The maximum absolute atomic E-state index is 11.5. The summed E-state index contributed by atoms with van der Waals surface area (Å²) in [6.45, 7) is 1.59. The molecule has 2 rings (SSSR count).